The van der Waals surface area contributed by atoms with Gasteiger partial charge in [-0.1, -0.05) is 29.8 Å². The molecule has 1 amide bonds. The van der Waals surface area contributed by atoms with Gasteiger partial charge in [0.15, 0.2) is 5.96 Å². The van der Waals surface area contributed by atoms with Gasteiger partial charge in [0.25, 0.3) is 0 Å². The Morgan fingerprint density at radius 3 is 2.38 bits per heavy atom. The van der Waals surface area contributed by atoms with E-state index in [0.717, 1.165) is 64.5 Å². The lowest BCUT2D eigenvalue weighted by Gasteiger charge is -2.36. The number of carbonyl (C=O) groups excluding carboxylic acids is 1. The summed E-state index contributed by atoms with van der Waals surface area (Å²) in [5.41, 5.74) is 2.61. The van der Waals surface area contributed by atoms with Crippen LogP contribution in [0.15, 0.2) is 29.3 Å². The smallest absolute Gasteiger partial charge is 0.225 e. The van der Waals surface area contributed by atoms with Crippen LogP contribution in [0.3, 0.4) is 0 Å². The van der Waals surface area contributed by atoms with E-state index < -0.39 is 0 Å². The Hall–Kier alpha value is -1.35. The molecule has 0 aliphatic carbocycles. The van der Waals surface area contributed by atoms with Gasteiger partial charge in [0, 0.05) is 45.2 Å². The lowest BCUT2D eigenvalue weighted by Crippen LogP contribution is -2.50. The van der Waals surface area contributed by atoms with Crippen molar-refractivity contribution in [2.75, 3.05) is 52.5 Å². The summed E-state index contributed by atoms with van der Waals surface area (Å²) in [7, 11) is 0. The average molecular weight is 514 g/mol. The molecule has 0 bridgehead atoms. The fourth-order valence-electron chi connectivity index (χ4n) is 3.85. The fraction of sp³-hybridized carbons (Fsp3) is 0.636. The first-order valence-electron chi connectivity index (χ1n) is 10.6. The van der Waals surface area contributed by atoms with Crippen molar-refractivity contribution in [1.82, 2.24) is 15.1 Å². The molecule has 2 aliphatic heterocycles. The molecule has 0 spiro atoms. The SMILES string of the molecule is CCNC(=NCCc1ccc(C)cc1)N1CCC(C(=O)N2CCOCC2)CC1.I. The van der Waals surface area contributed by atoms with Gasteiger partial charge in [0.2, 0.25) is 5.91 Å². The molecule has 7 heteroatoms. The van der Waals surface area contributed by atoms with Crippen LogP contribution in [0.5, 0.6) is 0 Å². The van der Waals surface area contributed by atoms with Gasteiger partial charge in [-0.05, 0) is 38.7 Å². The summed E-state index contributed by atoms with van der Waals surface area (Å²) in [4.78, 5) is 21.8. The molecule has 2 heterocycles. The minimum Gasteiger partial charge on any atom is -0.378 e. The van der Waals surface area contributed by atoms with Gasteiger partial charge in [-0.15, -0.1) is 24.0 Å². The van der Waals surface area contributed by atoms with E-state index in [0.29, 0.717) is 19.1 Å². The van der Waals surface area contributed by atoms with E-state index in [9.17, 15) is 4.79 Å². The second-order valence-electron chi connectivity index (χ2n) is 7.67. The van der Waals surface area contributed by atoms with Crippen molar-refractivity contribution in [3.63, 3.8) is 0 Å². The summed E-state index contributed by atoms with van der Waals surface area (Å²) < 4.78 is 5.36. The summed E-state index contributed by atoms with van der Waals surface area (Å²) in [5, 5.41) is 3.42. The van der Waals surface area contributed by atoms with Crippen molar-refractivity contribution in [1.29, 1.82) is 0 Å². The van der Waals surface area contributed by atoms with E-state index in [-0.39, 0.29) is 29.9 Å². The molecule has 6 nitrogen and oxygen atoms in total. The lowest BCUT2D eigenvalue weighted by molar-refractivity contribution is -0.140. The summed E-state index contributed by atoms with van der Waals surface area (Å²) in [6.45, 7) is 10.4. The number of amides is 1. The zero-order chi connectivity index (χ0) is 19.8. The highest BCUT2D eigenvalue weighted by molar-refractivity contribution is 14.0. The fourth-order valence-corrected chi connectivity index (χ4v) is 3.85. The Balaban J connectivity index is 0.00000300. The molecule has 162 valence electrons. The van der Waals surface area contributed by atoms with Crippen molar-refractivity contribution in [2.45, 2.75) is 33.1 Å². The van der Waals surface area contributed by atoms with Crippen LogP contribution >= 0.6 is 24.0 Å². The van der Waals surface area contributed by atoms with Gasteiger partial charge in [-0.3, -0.25) is 9.79 Å². The van der Waals surface area contributed by atoms with Crippen molar-refractivity contribution in [3.8, 4) is 0 Å². The van der Waals surface area contributed by atoms with Crippen molar-refractivity contribution in [3.05, 3.63) is 35.4 Å². The minimum absolute atomic E-state index is 0. The predicted molar refractivity (Wildman–Crippen MR) is 128 cm³/mol. The number of guanidine groups is 1. The Labute approximate surface area is 192 Å². The molecule has 0 radical (unpaired) electrons. The Bertz CT molecular complexity index is 651. The predicted octanol–water partition coefficient (Wildman–Crippen LogP) is 2.69. The molecule has 2 saturated heterocycles. The second-order valence-corrected chi connectivity index (χ2v) is 7.67. The molecule has 2 aliphatic rings. The number of hydrogen-bond acceptors (Lipinski definition) is 3. The van der Waals surface area contributed by atoms with Crippen LogP contribution in [0.25, 0.3) is 0 Å². The Kier molecular flexibility index (Phi) is 10.2. The van der Waals surface area contributed by atoms with Crippen LogP contribution in [0.1, 0.15) is 30.9 Å². The third-order valence-electron chi connectivity index (χ3n) is 5.58. The van der Waals surface area contributed by atoms with E-state index in [1.807, 2.05) is 4.90 Å². The maximum Gasteiger partial charge on any atom is 0.225 e. The monoisotopic (exact) mass is 514 g/mol. The summed E-state index contributed by atoms with van der Waals surface area (Å²) in [6, 6.07) is 8.67. The zero-order valence-electron chi connectivity index (χ0n) is 17.7. The normalized spacial score (nSPS) is 18.3. The van der Waals surface area contributed by atoms with Crippen LogP contribution in [-0.4, -0.2) is 74.1 Å². The third-order valence-corrected chi connectivity index (χ3v) is 5.58. The first-order valence-corrected chi connectivity index (χ1v) is 10.6. The highest BCUT2D eigenvalue weighted by atomic mass is 127. The molecule has 0 unspecified atom stereocenters. The van der Waals surface area contributed by atoms with E-state index >= 15 is 0 Å². The van der Waals surface area contributed by atoms with Crippen LogP contribution in [-0.2, 0) is 16.0 Å². The topological polar surface area (TPSA) is 57.2 Å². The van der Waals surface area contributed by atoms with Gasteiger partial charge < -0.3 is 19.9 Å². The van der Waals surface area contributed by atoms with Gasteiger partial charge in [-0.2, -0.15) is 0 Å². The molecule has 3 rings (SSSR count). The molecule has 2 fully saturated rings. The number of morpholine rings is 1. The van der Waals surface area contributed by atoms with E-state index in [2.05, 4.69) is 48.3 Å². The number of piperidine rings is 1. The molecule has 1 aromatic rings. The molecular weight excluding hydrogens is 479 g/mol. The van der Waals surface area contributed by atoms with Crippen molar-refractivity contribution < 1.29 is 9.53 Å². The van der Waals surface area contributed by atoms with Crippen LogP contribution in [0, 0.1) is 12.8 Å². The lowest BCUT2D eigenvalue weighted by atomic mass is 9.95. The average Bonchev–Trinajstić information content (AvgIpc) is 2.75. The summed E-state index contributed by atoms with van der Waals surface area (Å²) in [5.74, 6) is 1.43. The van der Waals surface area contributed by atoms with Crippen LogP contribution < -0.4 is 5.32 Å². The Morgan fingerprint density at radius 1 is 1.10 bits per heavy atom. The summed E-state index contributed by atoms with van der Waals surface area (Å²) >= 11 is 0. The quantitative estimate of drug-likeness (QED) is 0.373. The minimum atomic E-state index is 0. The van der Waals surface area contributed by atoms with Crippen LogP contribution in [0.2, 0.25) is 0 Å². The van der Waals surface area contributed by atoms with E-state index in [1.165, 1.54) is 11.1 Å². The Morgan fingerprint density at radius 2 is 1.76 bits per heavy atom. The number of halogens is 1. The van der Waals surface area contributed by atoms with Gasteiger partial charge in [0.1, 0.15) is 0 Å². The number of rotatable bonds is 5. The molecule has 1 aromatic carbocycles. The highest BCUT2D eigenvalue weighted by Crippen LogP contribution is 2.20. The maximum absolute atomic E-state index is 12.7. The number of aliphatic imine (C=N–C) groups is 1. The van der Waals surface area contributed by atoms with Crippen LogP contribution in [0.4, 0.5) is 0 Å². The largest absolute Gasteiger partial charge is 0.378 e. The first kappa shape index (κ1) is 23.9. The number of aryl methyl sites for hydroxylation is 1. The van der Waals surface area contributed by atoms with E-state index in [4.69, 9.17) is 9.73 Å². The summed E-state index contributed by atoms with van der Waals surface area (Å²) in [6.07, 6.45) is 2.75. The zero-order valence-corrected chi connectivity index (χ0v) is 20.1. The van der Waals surface area contributed by atoms with Crippen molar-refractivity contribution >= 4 is 35.8 Å². The molecule has 1 N–H and O–H groups in total. The molecule has 0 aromatic heterocycles. The number of carbonyl (C=O) groups is 1. The number of hydrogen-bond donors (Lipinski definition) is 1. The molecule has 0 atom stereocenters. The first-order chi connectivity index (χ1) is 13.7. The number of nitrogens with one attached hydrogen (secondary N) is 1. The van der Waals surface area contributed by atoms with Crippen molar-refractivity contribution in [2.24, 2.45) is 10.9 Å². The number of benzene rings is 1. The molecular formula is C22H35IN4O2. The maximum atomic E-state index is 12.7. The van der Waals surface area contributed by atoms with Gasteiger partial charge >= 0.3 is 0 Å². The number of nitrogens with zero attached hydrogens (tertiary/aromatic N) is 3. The number of likely N-dealkylation sites (tertiary alicyclic amines) is 1. The highest BCUT2D eigenvalue weighted by Gasteiger charge is 2.30. The third kappa shape index (κ3) is 7.13. The van der Waals surface area contributed by atoms with Gasteiger partial charge in [-0.25, -0.2) is 0 Å². The van der Waals surface area contributed by atoms with Gasteiger partial charge in [0.05, 0.1) is 13.2 Å². The second kappa shape index (κ2) is 12.4. The molecule has 29 heavy (non-hydrogen) atoms. The molecule has 0 saturated carbocycles. The number of ether oxygens (including phenoxy) is 1. The standard InChI is InChI=1S/C22H34N4O2.HI/c1-3-23-22(24-11-8-19-6-4-18(2)5-7-19)26-12-9-20(10-13-26)21(27)25-14-16-28-17-15-25;/h4-7,20H,3,8-17H2,1-2H3,(H,23,24);1H. The van der Waals surface area contributed by atoms with E-state index in [1.54, 1.807) is 0 Å².